The summed E-state index contributed by atoms with van der Waals surface area (Å²) in [7, 11) is 0. The van der Waals surface area contributed by atoms with Gasteiger partial charge in [0, 0.05) is 13.1 Å². The van der Waals surface area contributed by atoms with Gasteiger partial charge in [-0.15, -0.1) is 0 Å². The maximum atomic E-state index is 11.2. The van der Waals surface area contributed by atoms with Crippen LogP contribution < -0.4 is 0 Å². The van der Waals surface area contributed by atoms with Crippen LogP contribution in [0.2, 0.25) is 0 Å². The molecule has 0 aromatic heterocycles. The van der Waals surface area contributed by atoms with Crippen molar-refractivity contribution in [1.82, 2.24) is 4.90 Å². The molecular formula is C14H17NO4. The number of carboxylic acid groups (broad SMARTS) is 2. The van der Waals surface area contributed by atoms with Crippen molar-refractivity contribution in [2.45, 2.75) is 25.4 Å². The molecule has 2 atom stereocenters. The summed E-state index contributed by atoms with van der Waals surface area (Å²) in [4.78, 5) is 24.0. The van der Waals surface area contributed by atoms with Gasteiger partial charge in [-0.1, -0.05) is 30.3 Å². The van der Waals surface area contributed by atoms with Gasteiger partial charge in [-0.2, -0.15) is 0 Å². The maximum Gasteiger partial charge on any atom is 0.320 e. The fourth-order valence-electron chi connectivity index (χ4n) is 2.52. The molecule has 0 amide bonds. The second-order valence-corrected chi connectivity index (χ2v) is 4.88. The normalized spacial score (nSPS) is 24.0. The van der Waals surface area contributed by atoms with Gasteiger partial charge in [-0.25, -0.2) is 0 Å². The summed E-state index contributed by atoms with van der Waals surface area (Å²) < 4.78 is 0. The molecule has 1 aliphatic heterocycles. The van der Waals surface area contributed by atoms with E-state index in [1.165, 1.54) is 0 Å². The average molecular weight is 263 g/mol. The number of hydrogen-bond donors (Lipinski definition) is 2. The molecule has 1 heterocycles. The van der Waals surface area contributed by atoms with E-state index in [2.05, 4.69) is 0 Å². The Bertz CT molecular complexity index is 460. The Hall–Kier alpha value is -1.88. The number of rotatable bonds is 4. The van der Waals surface area contributed by atoms with Gasteiger partial charge in [0.15, 0.2) is 0 Å². The van der Waals surface area contributed by atoms with Crippen LogP contribution in [0.15, 0.2) is 30.3 Å². The number of benzene rings is 1. The highest BCUT2D eigenvalue weighted by atomic mass is 16.4. The van der Waals surface area contributed by atoms with Crippen molar-refractivity contribution >= 4 is 11.9 Å². The number of likely N-dealkylation sites (tertiary alicyclic amines) is 1. The Labute approximate surface area is 111 Å². The number of carbonyl (C=O) groups is 2. The van der Waals surface area contributed by atoms with Crippen LogP contribution in [0, 0.1) is 5.92 Å². The topological polar surface area (TPSA) is 77.8 Å². The van der Waals surface area contributed by atoms with Crippen molar-refractivity contribution in [1.29, 1.82) is 0 Å². The summed E-state index contributed by atoms with van der Waals surface area (Å²) in [5, 5.41) is 18.3. The lowest BCUT2D eigenvalue weighted by Gasteiger charge is -2.35. The largest absolute Gasteiger partial charge is 0.481 e. The number of nitrogens with zero attached hydrogens (tertiary/aromatic N) is 1. The molecule has 1 aromatic rings. The van der Waals surface area contributed by atoms with Gasteiger partial charge >= 0.3 is 11.9 Å². The Morgan fingerprint density at radius 3 is 2.37 bits per heavy atom. The minimum Gasteiger partial charge on any atom is -0.481 e. The molecule has 0 saturated carbocycles. The third kappa shape index (κ3) is 3.32. The predicted molar refractivity (Wildman–Crippen MR) is 68.6 cm³/mol. The van der Waals surface area contributed by atoms with Crippen LogP contribution in [0.4, 0.5) is 0 Å². The van der Waals surface area contributed by atoms with Gasteiger partial charge < -0.3 is 10.2 Å². The van der Waals surface area contributed by atoms with E-state index in [0.717, 1.165) is 5.56 Å². The van der Waals surface area contributed by atoms with Crippen molar-refractivity contribution in [3.8, 4) is 0 Å². The lowest BCUT2D eigenvalue weighted by molar-refractivity contribution is -0.152. The molecule has 5 nitrogen and oxygen atoms in total. The zero-order valence-corrected chi connectivity index (χ0v) is 10.5. The first-order valence-corrected chi connectivity index (χ1v) is 6.31. The zero-order chi connectivity index (χ0) is 13.8. The lowest BCUT2D eigenvalue weighted by atomic mass is 9.92. The molecule has 0 bridgehead atoms. The van der Waals surface area contributed by atoms with Gasteiger partial charge in [0.25, 0.3) is 0 Å². The second-order valence-electron chi connectivity index (χ2n) is 4.88. The molecule has 2 rings (SSSR count). The second kappa shape index (κ2) is 5.84. The summed E-state index contributed by atoms with van der Waals surface area (Å²) in [5.41, 5.74) is 1.000. The Morgan fingerprint density at radius 1 is 1.11 bits per heavy atom. The van der Waals surface area contributed by atoms with E-state index in [1.54, 1.807) is 4.90 Å². The third-order valence-corrected chi connectivity index (χ3v) is 3.55. The van der Waals surface area contributed by atoms with Crippen LogP contribution in [-0.2, 0) is 16.1 Å². The van der Waals surface area contributed by atoms with E-state index in [-0.39, 0.29) is 0 Å². The molecule has 1 fully saturated rings. The first-order chi connectivity index (χ1) is 9.08. The van der Waals surface area contributed by atoms with Gasteiger partial charge in [0.1, 0.15) is 6.04 Å². The summed E-state index contributed by atoms with van der Waals surface area (Å²) in [6.07, 6.45) is 0.816. The first-order valence-electron chi connectivity index (χ1n) is 6.31. The van der Waals surface area contributed by atoms with Crippen LogP contribution >= 0.6 is 0 Å². The standard InChI is InChI=1S/C14H17NO4/c16-13(17)11-6-7-12(14(18)19)15(9-11)8-10-4-2-1-3-5-10/h1-5,11-12H,6-9H2,(H,16,17)(H,18,19). The first kappa shape index (κ1) is 13.5. The van der Waals surface area contributed by atoms with E-state index in [0.29, 0.717) is 25.9 Å². The van der Waals surface area contributed by atoms with Crippen LogP contribution in [0.3, 0.4) is 0 Å². The number of carboxylic acids is 2. The van der Waals surface area contributed by atoms with Gasteiger partial charge in [0.05, 0.1) is 5.92 Å². The van der Waals surface area contributed by atoms with E-state index in [9.17, 15) is 14.7 Å². The molecule has 1 aliphatic rings. The van der Waals surface area contributed by atoms with Crippen molar-refractivity contribution < 1.29 is 19.8 Å². The van der Waals surface area contributed by atoms with Crippen LogP contribution in [-0.4, -0.2) is 39.6 Å². The number of piperidine rings is 1. The van der Waals surface area contributed by atoms with Gasteiger partial charge in [-0.3, -0.25) is 14.5 Å². The summed E-state index contributed by atoms with van der Waals surface area (Å²) >= 11 is 0. The molecule has 19 heavy (non-hydrogen) atoms. The average Bonchev–Trinajstić information content (AvgIpc) is 2.39. The van der Waals surface area contributed by atoms with E-state index >= 15 is 0 Å². The maximum absolute atomic E-state index is 11.2. The molecule has 102 valence electrons. The monoisotopic (exact) mass is 263 g/mol. The van der Waals surface area contributed by atoms with Crippen LogP contribution in [0.5, 0.6) is 0 Å². The summed E-state index contributed by atoms with van der Waals surface area (Å²) in [5.74, 6) is -2.19. The zero-order valence-electron chi connectivity index (χ0n) is 10.5. The molecule has 2 N–H and O–H groups in total. The van der Waals surface area contributed by atoms with Crippen molar-refractivity contribution in [3.05, 3.63) is 35.9 Å². The Balaban J connectivity index is 2.11. The molecule has 1 saturated heterocycles. The highest BCUT2D eigenvalue weighted by molar-refractivity contribution is 5.75. The van der Waals surface area contributed by atoms with E-state index in [4.69, 9.17) is 5.11 Å². The van der Waals surface area contributed by atoms with Gasteiger partial charge in [0.2, 0.25) is 0 Å². The molecule has 0 spiro atoms. The van der Waals surface area contributed by atoms with Crippen molar-refractivity contribution in [2.24, 2.45) is 5.92 Å². The Morgan fingerprint density at radius 2 is 1.79 bits per heavy atom. The minimum absolute atomic E-state index is 0.293. The highest BCUT2D eigenvalue weighted by Crippen LogP contribution is 2.24. The SMILES string of the molecule is O=C(O)C1CCC(C(=O)O)N(Cc2ccccc2)C1. The molecule has 2 unspecified atom stereocenters. The molecule has 5 heteroatoms. The number of aliphatic carboxylic acids is 2. The smallest absolute Gasteiger partial charge is 0.320 e. The highest BCUT2D eigenvalue weighted by Gasteiger charge is 2.35. The molecule has 1 aromatic carbocycles. The Kier molecular flexibility index (Phi) is 4.16. The van der Waals surface area contributed by atoms with Crippen LogP contribution in [0.1, 0.15) is 18.4 Å². The number of hydrogen-bond acceptors (Lipinski definition) is 3. The third-order valence-electron chi connectivity index (χ3n) is 3.55. The fourth-order valence-corrected chi connectivity index (χ4v) is 2.52. The fraction of sp³-hybridized carbons (Fsp3) is 0.429. The van der Waals surface area contributed by atoms with Gasteiger partial charge in [-0.05, 0) is 18.4 Å². The van der Waals surface area contributed by atoms with Crippen LogP contribution in [0.25, 0.3) is 0 Å². The minimum atomic E-state index is -0.875. The van der Waals surface area contributed by atoms with E-state index in [1.807, 2.05) is 30.3 Å². The summed E-state index contributed by atoms with van der Waals surface area (Å²) in [6, 6.07) is 8.94. The van der Waals surface area contributed by atoms with Crippen molar-refractivity contribution in [3.63, 3.8) is 0 Å². The van der Waals surface area contributed by atoms with E-state index < -0.39 is 23.9 Å². The molecule has 0 radical (unpaired) electrons. The quantitative estimate of drug-likeness (QED) is 0.859. The lowest BCUT2D eigenvalue weighted by Crippen LogP contribution is -2.48. The van der Waals surface area contributed by atoms with Crippen molar-refractivity contribution in [2.75, 3.05) is 6.54 Å². The molecule has 0 aliphatic carbocycles. The molecular weight excluding hydrogens is 246 g/mol. The summed E-state index contributed by atoms with van der Waals surface area (Å²) in [6.45, 7) is 0.767. The predicted octanol–water partition coefficient (Wildman–Crippen LogP) is 1.44.